The van der Waals surface area contributed by atoms with Crippen molar-refractivity contribution in [1.82, 2.24) is 14.8 Å². The quantitative estimate of drug-likeness (QED) is 0.559. The van der Waals surface area contributed by atoms with Crippen LogP contribution in [0.5, 0.6) is 0 Å². The molecule has 2 aromatic carbocycles. The first kappa shape index (κ1) is 19.1. The molecule has 0 aliphatic carbocycles. The van der Waals surface area contributed by atoms with Crippen molar-refractivity contribution in [3.63, 3.8) is 0 Å². The number of amides is 1. The van der Waals surface area contributed by atoms with Crippen LogP contribution in [0.15, 0.2) is 40.9 Å². The molecule has 0 fully saturated rings. The highest BCUT2D eigenvalue weighted by Crippen LogP contribution is 2.28. The monoisotopic (exact) mass is 462 g/mol. The molecule has 1 aliphatic heterocycles. The largest absolute Gasteiger partial charge is 0.322 e. The third kappa shape index (κ3) is 3.82. The van der Waals surface area contributed by atoms with Gasteiger partial charge in [0.05, 0.1) is 16.1 Å². The predicted octanol–water partition coefficient (Wildman–Crippen LogP) is 5.48. The van der Waals surface area contributed by atoms with E-state index in [-0.39, 0.29) is 5.91 Å². The Kier molecular flexibility index (Phi) is 5.46. The average Bonchev–Trinajstić information content (AvgIpc) is 2.93. The standard InChI is InChI=1S/C20H17BrClFN4O/c21-12-5-7-16(22)14(10-12)20(28)24-13-6-8-17(23)15(11-13)19-26-25-18-4-2-1-3-9-27(18)19/h5-8,10-11H,1-4,9H2,(H,24,28). The minimum atomic E-state index is -0.405. The summed E-state index contributed by atoms with van der Waals surface area (Å²) in [6.07, 6.45) is 4.03. The molecule has 5 nitrogen and oxygen atoms in total. The molecule has 144 valence electrons. The summed E-state index contributed by atoms with van der Waals surface area (Å²) < 4.78 is 17.3. The Morgan fingerprint density at radius 3 is 2.86 bits per heavy atom. The van der Waals surface area contributed by atoms with Crippen molar-refractivity contribution in [2.75, 3.05) is 5.32 Å². The van der Waals surface area contributed by atoms with Crippen molar-refractivity contribution in [3.05, 3.63) is 63.1 Å². The van der Waals surface area contributed by atoms with Gasteiger partial charge in [-0.1, -0.05) is 34.0 Å². The van der Waals surface area contributed by atoms with Crippen LogP contribution >= 0.6 is 27.5 Å². The van der Waals surface area contributed by atoms with Gasteiger partial charge in [0.25, 0.3) is 5.91 Å². The molecule has 4 rings (SSSR count). The zero-order valence-corrected chi connectivity index (χ0v) is 17.2. The summed E-state index contributed by atoms with van der Waals surface area (Å²) in [6.45, 7) is 0.765. The molecule has 0 atom stereocenters. The van der Waals surface area contributed by atoms with E-state index in [2.05, 4.69) is 31.4 Å². The number of nitrogens with zero attached hydrogens (tertiary/aromatic N) is 3. The lowest BCUT2D eigenvalue weighted by molar-refractivity contribution is 0.102. The maximum Gasteiger partial charge on any atom is 0.257 e. The van der Waals surface area contributed by atoms with Crippen LogP contribution in [-0.4, -0.2) is 20.7 Å². The van der Waals surface area contributed by atoms with Crippen LogP contribution in [0, 0.1) is 5.82 Å². The Labute approximate surface area is 175 Å². The third-order valence-electron chi connectivity index (χ3n) is 4.75. The van der Waals surface area contributed by atoms with Crippen molar-refractivity contribution in [3.8, 4) is 11.4 Å². The van der Waals surface area contributed by atoms with Crippen LogP contribution in [0.25, 0.3) is 11.4 Å². The van der Waals surface area contributed by atoms with Crippen molar-refractivity contribution >= 4 is 39.1 Å². The smallest absolute Gasteiger partial charge is 0.257 e. The van der Waals surface area contributed by atoms with Gasteiger partial charge in [-0.25, -0.2) is 4.39 Å². The summed E-state index contributed by atoms with van der Waals surface area (Å²) in [4.78, 5) is 12.6. The lowest BCUT2D eigenvalue weighted by Gasteiger charge is -2.11. The van der Waals surface area contributed by atoms with E-state index in [0.29, 0.717) is 27.7 Å². The highest BCUT2D eigenvalue weighted by molar-refractivity contribution is 9.10. The number of hydrogen-bond donors (Lipinski definition) is 1. The Bertz CT molecular complexity index is 1050. The van der Waals surface area contributed by atoms with Gasteiger partial charge in [0.2, 0.25) is 0 Å². The highest BCUT2D eigenvalue weighted by atomic mass is 79.9. The van der Waals surface area contributed by atoms with Crippen molar-refractivity contribution in [1.29, 1.82) is 0 Å². The molecule has 0 saturated carbocycles. The van der Waals surface area contributed by atoms with Gasteiger partial charge in [0, 0.05) is 23.1 Å². The van der Waals surface area contributed by atoms with Crippen LogP contribution in [0.3, 0.4) is 0 Å². The molecule has 1 amide bonds. The molecule has 1 N–H and O–H groups in total. The molecule has 1 aromatic heterocycles. The van der Waals surface area contributed by atoms with Crippen molar-refractivity contribution in [2.24, 2.45) is 0 Å². The number of rotatable bonds is 3. The first-order valence-electron chi connectivity index (χ1n) is 9.01. The maximum absolute atomic E-state index is 14.6. The van der Waals surface area contributed by atoms with Crippen LogP contribution in [0.4, 0.5) is 10.1 Å². The Balaban J connectivity index is 1.66. The van der Waals surface area contributed by atoms with Crippen LogP contribution in [-0.2, 0) is 13.0 Å². The van der Waals surface area contributed by atoms with Gasteiger partial charge in [-0.2, -0.15) is 0 Å². The SMILES string of the molecule is O=C(Nc1ccc(F)c(-c2nnc3n2CCCCC3)c1)c1cc(Br)ccc1Cl. The predicted molar refractivity (Wildman–Crippen MR) is 110 cm³/mol. The van der Waals surface area contributed by atoms with E-state index in [9.17, 15) is 9.18 Å². The molecule has 3 aromatic rings. The fourth-order valence-electron chi connectivity index (χ4n) is 3.33. The van der Waals surface area contributed by atoms with Crippen LogP contribution < -0.4 is 5.32 Å². The number of fused-ring (bicyclic) bond motifs is 1. The van der Waals surface area contributed by atoms with Gasteiger partial charge in [-0.3, -0.25) is 4.79 Å². The first-order valence-corrected chi connectivity index (χ1v) is 10.2. The number of nitrogens with one attached hydrogen (secondary N) is 1. The minimum absolute atomic E-state index is 0.318. The lowest BCUT2D eigenvalue weighted by atomic mass is 10.1. The molecule has 0 saturated heterocycles. The maximum atomic E-state index is 14.6. The van der Waals surface area contributed by atoms with Gasteiger partial charge in [0.1, 0.15) is 11.6 Å². The summed E-state index contributed by atoms with van der Waals surface area (Å²) in [6, 6.07) is 9.46. The Morgan fingerprint density at radius 2 is 2.00 bits per heavy atom. The number of aryl methyl sites for hydroxylation is 1. The molecule has 28 heavy (non-hydrogen) atoms. The van der Waals surface area contributed by atoms with Crippen molar-refractivity contribution in [2.45, 2.75) is 32.2 Å². The molecular weight excluding hydrogens is 447 g/mol. The van der Waals surface area contributed by atoms with E-state index in [1.165, 1.54) is 12.1 Å². The average molecular weight is 464 g/mol. The summed E-state index contributed by atoms with van der Waals surface area (Å²) in [5.41, 5.74) is 1.11. The van der Waals surface area contributed by atoms with Gasteiger partial charge in [-0.05, 0) is 49.2 Å². The summed E-state index contributed by atoms with van der Waals surface area (Å²) in [5.74, 6) is 0.593. The molecule has 0 unspecified atom stereocenters. The van der Waals surface area contributed by atoms with Gasteiger partial charge in [-0.15, -0.1) is 10.2 Å². The normalized spacial score (nSPS) is 13.7. The molecule has 0 bridgehead atoms. The number of aromatic nitrogens is 3. The number of carbonyl (C=O) groups is 1. The second-order valence-electron chi connectivity index (χ2n) is 6.68. The molecule has 1 aliphatic rings. The number of benzene rings is 2. The topological polar surface area (TPSA) is 59.8 Å². The van der Waals surface area contributed by atoms with Crippen LogP contribution in [0.1, 0.15) is 35.4 Å². The zero-order valence-electron chi connectivity index (χ0n) is 14.9. The molecular formula is C20H17BrClFN4O. The number of carbonyl (C=O) groups excluding carboxylic acids is 1. The van der Waals surface area contributed by atoms with E-state index in [1.807, 2.05) is 4.57 Å². The van der Waals surface area contributed by atoms with Gasteiger partial charge in [0.15, 0.2) is 5.82 Å². The van der Waals surface area contributed by atoms with E-state index in [4.69, 9.17) is 11.6 Å². The minimum Gasteiger partial charge on any atom is -0.322 e. The summed E-state index contributed by atoms with van der Waals surface area (Å²) in [5, 5.41) is 11.6. The second-order valence-corrected chi connectivity index (χ2v) is 8.00. The van der Waals surface area contributed by atoms with Gasteiger partial charge >= 0.3 is 0 Å². The Morgan fingerprint density at radius 1 is 1.14 bits per heavy atom. The van der Waals surface area contributed by atoms with Crippen molar-refractivity contribution < 1.29 is 9.18 Å². The van der Waals surface area contributed by atoms with E-state index >= 15 is 0 Å². The fraction of sp³-hybridized carbons (Fsp3) is 0.250. The number of hydrogen-bond acceptors (Lipinski definition) is 3. The fourth-order valence-corrected chi connectivity index (χ4v) is 3.89. The van der Waals surface area contributed by atoms with E-state index in [1.54, 1.807) is 24.3 Å². The molecule has 0 spiro atoms. The summed E-state index contributed by atoms with van der Waals surface area (Å²) in [7, 11) is 0. The first-order chi connectivity index (χ1) is 13.5. The highest BCUT2D eigenvalue weighted by Gasteiger charge is 2.20. The molecule has 2 heterocycles. The summed E-state index contributed by atoms with van der Waals surface area (Å²) >= 11 is 9.46. The second kappa shape index (κ2) is 8.01. The Hall–Kier alpha value is -2.25. The number of anilines is 1. The van der Waals surface area contributed by atoms with Gasteiger partial charge < -0.3 is 9.88 Å². The zero-order chi connectivity index (χ0) is 19.7. The lowest BCUT2D eigenvalue weighted by Crippen LogP contribution is -2.13. The number of halogens is 3. The van der Waals surface area contributed by atoms with Crippen LogP contribution in [0.2, 0.25) is 5.02 Å². The third-order valence-corrected chi connectivity index (χ3v) is 5.57. The molecule has 8 heteroatoms. The molecule has 0 radical (unpaired) electrons. The van der Waals surface area contributed by atoms with E-state index in [0.717, 1.165) is 42.5 Å². The van der Waals surface area contributed by atoms with E-state index < -0.39 is 5.82 Å².